The first-order chi connectivity index (χ1) is 7.79. The molecule has 0 bridgehead atoms. The molecule has 0 radical (unpaired) electrons. The van der Waals surface area contributed by atoms with Crippen LogP contribution in [0.4, 0.5) is 0 Å². The van der Waals surface area contributed by atoms with E-state index < -0.39 is 0 Å². The molecule has 2 aromatic rings. The van der Waals surface area contributed by atoms with Crippen LogP contribution < -0.4 is 0 Å². The normalized spacial score (nSPS) is 9.31. The Morgan fingerprint density at radius 2 is 1.94 bits per heavy atom. The second-order valence-electron chi connectivity index (χ2n) is 3.05. The molecule has 3 heteroatoms. The second-order valence-corrected chi connectivity index (χ2v) is 3.46. The highest BCUT2D eigenvalue weighted by Crippen LogP contribution is 2.13. The Morgan fingerprint density at radius 3 is 2.62 bits per heavy atom. The number of carbonyl (C=O) groups is 1. The van der Waals surface area contributed by atoms with Crippen molar-refractivity contribution in [3.05, 3.63) is 58.5 Å². The van der Waals surface area contributed by atoms with Crippen molar-refractivity contribution in [2.75, 3.05) is 0 Å². The highest BCUT2D eigenvalue weighted by Gasteiger charge is 1.97. The third kappa shape index (κ3) is 2.33. The topological polar surface area (TPSA) is 30.2 Å². The molecule has 0 N–H and O–H groups in total. The van der Waals surface area contributed by atoms with E-state index in [-0.39, 0.29) is 5.76 Å². The maximum Gasteiger partial charge on any atom is 0.185 e. The molecule has 0 amide bonds. The standard InChI is InChI=1S/C13H7ClO2/c14-13-4-2-1-3-10(13)5-6-11-7-8-12(9-15)16-11/h1-4,7-9H. The van der Waals surface area contributed by atoms with Crippen LogP contribution in [0.15, 0.2) is 40.8 Å². The Kier molecular flexibility index (Phi) is 3.09. The van der Waals surface area contributed by atoms with Gasteiger partial charge in [-0.1, -0.05) is 29.7 Å². The van der Waals surface area contributed by atoms with Crippen molar-refractivity contribution >= 4 is 17.9 Å². The van der Waals surface area contributed by atoms with Crippen molar-refractivity contribution in [1.82, 2.24) is 0 Å². The number of halogens is 1. The summed E-state index contributed by atoms with van der Waals surface area (Å²) in [7, 11) is 0. The predicted octanol–water partition coefficient (Wildman–Crippen LogP) is 3.15. The Labute approximate surface area is 97.8 Å². The van der Waals surface area contributed by atoms with Crippen LogP contribution in [-0.2, 0) is 0 Å². The molecule has 1 aromatic carbocycles. The average Bonchev–Trinajstić information content (AvgIpc) is 2.76. The SMILES string of the molecule is O=Cc1ccc(C#Cc2ccccc2Cl)o1. The van der Waals surface area contributed by atoms with Crippen molar-refractivity contribution in [2.45, 2.75) is 0 Å². The van der Waals surface area contributed by atoms with Crippen LogP contribution in [-0.4, -0.2) is 6.29 Å². The first-order valence-corrected chi connectivity index (χ1v) is 4.99. The summed E-state index contributed by atoms with van der Waals surface area (Å²) in [5.41, 5.74) is 0.730. The Morgan fingerprint density at radius 1 is 1.12 bits per heavy atom. The minimum atomic E-state index is 0.267. The molecule has 16 heavy (non-hydrogen) atoms. The molecule has 0 atom stereocenters. The number of rotatable bonds is 1. The molecular formula is C13H7ClO2. The van der Waals surface area contributed by atoms with E-state index in [9.17, 15) is 4.79 Å². The summed E-state index contributed by atoms with van der Waals surface area (Å²) >= 11 is 5.93. The van der Waals surface area contributed by atoms with Crippen LogP contribution in [0.2, 0.25) is 5.02 Å². The van der Waals surface area contributed by atoms with Gasteiger partial charge < -0.3 is 4.42 Å². The number of aldehydes is 1. The van der Waals surface area contributed by atoms with E-state index >= 15 is 0 Å². The molecule has 2 nitrogen and oxygen atoms in total. The van der Waals surface area contributed by atoms with Gasteiger partial charge in [-0.2, -0.15) is 0 Å². The zero-order valence-electron chi connectivity index (χ0n) is 8.24. The zero-order chi connectivity index (χ0) is 11.4. The first kappa shape index (κ1) is 10.5. The largest absolute Gasteiger partial charge is 0.445 e. The molecular weight excluding hydrogens is 224 g/mol. The van der Waals surface area contributed by atoms with Crippen molar-refractivity contribution in [3.63, 3.8) is 0 Å². The molecule has 0 saturated carbocycles. The van der Waals surface area contributed by atoms with Crippen LogP contribution in [0.25, 0.3) is 0 Å². The molecule has 0 saturated heterocycles. The quantitative estimate of drug-likeness (QED) is 0.557. The Hall–Kier alpha value is -1.98. The fraction of sp³-hybridized carbons (Fsp3) is 0. The lowest BCUT2D eigenvalue weighted by molar-refractivity contribution is 0.110. The molecule has 0 aliphatic heterocycles. The van der Waals surface area contributed by atoms with E-state index in [1.165, 1.54) is 0 Å². The molecule has 0 spiro atoms. The summed E-state index contributed by atoms with van der Waals surface area (Å²) in [6.45, 7) is 0. The average molecular weight is 231 g/mol. The molecule has 1 aromatic heterocycles. The third-order valence-corrected chi connectivity index (χ3v) is 2.27. The van der Waals surface area contributed by atoms with Crippen LogP contribution in [0, 0.1) is 11.8 Å². The number of benzene rings is 1. The monoisotopic (exact) mass is 230 g/mol. The van der Waals surface area contributed by atoms with Crippen LogP contribution in [0.3, 0.4) is 0 Å². The lowest BCUT2D eigenvalue weighted by Crippen LogP contribution is -1.75. The van der Waals surface area contributed by atoms with Crippen molar-refractivity contribution in [1.29, 1.82) is 0 Å². The summed E-state index contributed by atoms with van der Waals surface area (Å²) in [5, 5.41) is 0.595. The zero-order valence-corrected chi connectivity index (χ0v) is 8.99. The fourth-order valence-corrected chi connectivity index (χ4v) is 1.36. The summed E-state index contributed by atoms with van der Waals surface area (Å²) < 4.78 is 5.11. The molecule has 0 aliphatic carbocycles. The van der Waals surface area contributed by atoms with Crippen molar-refractivity contribution in [2.24, 2.45) is 0 Å². The van der Waals surface area contributed by atoms with Crippen molar-refractivity contribution < 1.29 is 9.21 Å². The van der Waals surface area contributed by atoms with E-state index in [0.717, 1.165) is 5.56 Å². The van der Waals surface area contributed by atoms with Gasteiger partial charge in [0, 0.05) is 5.56 Å². The highest BCUT2D eigenvalue weighted by atomic mass is 35.5. The third-order valence-electron chi connectivity index (χ3n) is 1.94. The summed E-state index contributed by atoms with van der Waals surface area (Å²) in [6.07, 6.45) is 0.640. The van der Waals surface area contributed by atoms with E-state index in [4.69, 9.17) is 16.0 Å². The summed E-state index contributed by atoms with van der Waals surface area (Å²) in [4.78, 5) is 10.4. The number of hydrogen-bond donors (Lipinski definition) is 0. The van der Waals surface area contributed by atoms with E-state index in [0.29, 0.717) is 17.1 Å². The Bertz CT molecular complexity index is 573. The van der Waals surface area contributed by atoms with Crippen LogP contribution in [0.5, 0.6) is 0 Å². The van der Waals surface area contributed by atoms with Gasteiger partial charge in [-0.25, -0.2) is 0 Å². The van der Waals surface area contributed by atoms with E-state index in [2.05, 4.69) is 11.8 Å². The van der Waals surface area contributed by atoms with E-state index in [1.807, 2.05) is 18.2 Å². The molecule has 0 fully saturated rings. The van der Waals surface area contributed by atoms with Gasteiger partial charge in [0.05, 0.1) is 5.02 Å². The number of furan rings is 1. The van der Waals surface area contributed by atoms with Gasteiger partial charge in [-0.15, -0.1) is 0 Å². The molecule has 78 valence electrons. The number of carbonyl (C=O) groups excluding carboxylic acids is 1. The summed E-state index contributed by atoms with van der Waals surface area (Å²) in [6, 6.07) is 10.5. The van der Waals surface area contributed by atoms with Gasteiger partial charge in [-0.05, 0) is 30.2 Å². The number of hydrogen-bond acceptors (Lipinski definition) is 2. The van der Waals surface area contributed by atoms with Crippen molar-refractivity contribution in [3.8, 4) is 11.8 Å². The fourth-order valence-electron chi connectivity index (χ4n) is 1.17. The van der Waals surface area contributed by atoms with Crippen LogP contribution in [0.1, 0.15) is 21.9 Å². The molecule has 2 rings (SSSR count). The lowest BCUT2D eigenvalue weighted by atomic mass is 10.2. The maximum atomic E-state index is 10.4. The van der Waals surface area contributed by atoms with E-state index in [1.54, 1.807) is 18.2 Å². The van der Waals surface area contributed by atoms with Gasteiger partial charge in [0.25, 0.3) is 0 Å². The highest BCUT2D eigenvalue weighted by molar-refractivity contribution is 6.31. The second kappa shape index (κ2) is 4.69. The molecule has 1 heterocycles. The first-order valence-electron chi connectivity index (χ1n) is 4.61. The predicted molar refractivity (Wildman–Crippen MR) is 61.5 cm³/mol. The van der Waals surface area contributed by atoms with Gasteiger partial charge in [0.2, 0.25) is 0 Å². The smallest absolute Gasteiger partial charge is 0.185 e. The minimum Gasteiger partial charge on any atom is -0.445 e. The Balaban J connectivity index is 2.28. The summed E-state index contributed by atoms with van der Waals surface area (Å²) in [5.74, 6) is 6.38. The lowest BCUT2D eigenvalue weighted by Gasteiger charge is -1.91. The maximum absolute atomic E-state index is 10.4. The molecule has 0 unspecified atom stereocenters. The van der Waals surface area contributed by atoms with Crippen LogP contribution >= 0.6 is 11.6 Å². The van der Waals surface area contributed by atoms with Gasteiger partial charge in [0.15, 0.2) is 17.8 Å². The minimum absolute atomic E-state index is 0.267. The van der Waals surface area contributed by atoms with Gasteiger partial charge in [-0.3, -0.25) is 4.79 Å². The van der Waals surface area contributed by atoms with Gasteiger partial charge >= 0.3 is 0 Å². The molecule has 0 aliphatic rings. The van der Waals surface area contributed by atoms with Gasteiger partial charge in [0.1, 0.15) is 0 Å².